The topological polar surface area (TPSA) is 47.1 Å². The summed E-state index contributed by atoms with van der Waals surface area (Å²) in [5.74, 6) is 0.333. The Morgan fingerprint density at radius 2 is 2.05 bits per heavy atom. The van der Waals surface area contributed by atoms with Crippen LogP contribution < -0.4 is 4.74 Å². The van der Waals surface area contributed by atoms with Gasteiger partial charge in [0.1, 0.15) is 11.4 Å². The van der Waals surface area contributed by atoms with E-state index in [9.17, 15) is 4.39 Å². The van der Waals surface area contributed by atoms with E-state index in [0.717, 1.165) is 10.9 Å². The van der Waals surface area contributed by atoms with Gasteiger partial charge in [0.2, 0.25) is 0 Å². The van der Waals surface area contributed by atoms with Crippen LogP contribution in [0, 0.1) is 5.82 Å². The van der Waals surface area contributed by atoms with E-state index in [1.54, 1.807) is 37.6 Å². The van der Waals surface area contributed by atoms with Crippen LogP contribution in [0.25, 0.3) is 11.0 Å². The molecule has 0 aliphatic rings. The maximum Gasteiger partial charge on any atom is 0.165 e. The van der Waals surface area contributed by atoms with Crippen molar-refractivity contribution < 1.29 is 13.9 Å². The van der Waals surface area contributed by atoms with Crippen molar-refractivity contribution >= 4 is 11.0 Å². The van der Waals surface area contributed by atoms with Gasteiger partial charge in [-0.2, -0.15) is 0 Å². The SMILES string of the molecule is COCc1c[nH]c2nccc(Oc3ccccc3F)c12. The fourth-order valence-electron chi connectivity index (χ4n) is 2.09. The van der Waals surface area contributed by atoms with E-state index in [-0.39, 0.29) is 5.75 Å². The Labute approximate surface area is 115 Å². The predicted octanol–water partition coefficient (Wildman–Crippen LogP) is 3.64. The first-order valence-corrected chi connectivity index (χ1v) is 6.16. The molecule has 0 amide bonds. The lowest BCUT2D eigenvalue weighted by atomic mass is 10.2. The molecule has 0 unspecified atom stereocenters. The van der Waals surface area contributed by atoms with E-state index >= 15 is 0 Å². The molecule has 0 spiro atoms. The normalized spacial score (nSPS) is 10.9. The number of methoxy groups -OCH3 is 1. The van der Waals surface area contributed by atoms with Crippen LogP contribution in [-0.4, -0.2) is 17.1 Å². The number of ether oxygens (including phenoxy) is 2. The van der Waals surface area contributed by atoms with Crippen LogP contribution >= 0.6 is 0 Å². The lowest BCUT2D eigenvalue weighted by Crippen LogP contribution is -1.92. The van der Waals surface area contributed by atoms with Crippen LogP contribution in [-0.2, 0) is 11.3 Å². The molecule has 4 nitrogen and oxygen atoms in total. The molecule has 0 atom stereocenters. The van der Waals surface area contributed by atoms with Gasteiger partial charge >= 0.3 is 0 Å². The molecule has 0 radical (unpaired) electrons. The van der Waals surface area contributed by atoms with E-state index in [1.165, 1.54) is 6.07 Å². The maximum atomic E-state index is 13.7. The van der Waals surface area contributed by atoms with Crippen LogP contribution in [0.4, 0.5) is 4.39 Å². The number of para-hydroxylation sites is 1. The minimum absolute atomic E-state index is 0.185. The van der Waals surface area contributed by atoms with Crippen molar-refractivity contribution in [3.8, 4) is 11.5 Å². The van der Waals surface area contributed by atoms with Crippen LogP contribution in [0.5, 0.6) is 11.5 Å². The molecular weight excluding hydrogens is 259 g/mol. The summed E-state index contributed by atoms with van der Waals surface area (Å²) in [6.07, 6.45) is 3.43. The molecule has 0 saturated heterocycles. The van der Waals surface area contributed by atoms with Gasteiger partial charge in [-0.25, -0.2) is 9.37 Å². The number of fused-ring (bicyclic) bond motifs is 1. The zero-order valence-corrected chi connectivity index (χ0v) is 10.9. The Hall–Kier alpha value is -2.40. The average molecular weight is 272 g/mol. The maximum absolute atomic E-state index is 13.7. The first-order valence-electron chi connectivity index (χ1n) is 6.16. The number of halogens is 1. The highest BCUT2D eigenvalue weighted by Crippen LogP contribution is 2.32. The smallest absolute Gasteiger partial charge is 0.165 e. The summed E-state index contributed by atoms with van der Waals surface area (Å²) < 4.78 is 24.5. The van der Waals surface area contributed by atoms with Crippen LogP contribution in [0.15, 0.2) is 42.7 Å². The number of hydrogen-bond donors (Lipinski definition) is 1. The number of nitrogens with one attached hydrogen (secondary N) is 1. The molecule has 3 rings (SSSR count). The predicted molar refractivity (Wildman–Crippen MR) is 73.3 cm³/mol. The summed E-state index contributed by atoms with van der Waals surface area (Å²) in [7, 11) is 1.62. The molecule has 2 aromatic heterocycles. The molecule has 1 N–H and O–H groups in total. The third-order valence-electron chi connectivity index (χ3n) is 2.97. The average Bonchev–Trinajstić information content (AvgIpc) is 2.86. The molecule has 102 valence electrons. The van der Waals surface area contributed by atoms with Gasteiger partial charge in [0.25, 0.3) is 0 Å². The summed E-state index contributed by atoms with van der Waals surface area (Å²) in [6.45, 7) is 0.430. The van der Waals surface area contributed by atoms with Crippen molar-refractivity contribution in [2.24, 2.45) is 0 Å². The minimum Gasteiger partial charge on any atom is -0.453 e. The molecule has 5 heteroatoms. The van der Waals surface area contributed by atoms with Gasteiger partial charge in [0.15, 0.2) is 11.6 Å². The Bertz CT molecular complexity index is 740. The molecule has 0 aliphatic heterocycles. The third kappa shape index (κ3) is 2.23. The van der Waals surface area contributed by atoms with Gasteiger partial charge in [-0.05, 0) is 18.2 Å². The number of pyridine rings is 1. The van der Waals surface area contributed by atoms with Crippen molar-refractivity contribution in [2.75, 3.05) is 7.11 Å². The van der Waals surface area contributed by atoms with Crippen LogP contribution in [0.3, 0.4) is 0 Å². The van der Waals surface area contributed by atoms with Crippen molar-refractivity contribution in [3.63, 3.8) is 0 Å². The quantitative estimate of drug-likeness (QED) is 0.788. The van der Waals surface area contributed by atoms with E-state index in [2.05, 4.69) is 9.97 Å². The molecule has 3 aromatic rings. The van der Waals surface area contributed by atoms with Gasteiger partial charge in [-0.1, -0.05) is 12.1 Å². The zero-order valence-electron chi connectivity index (χ0n) is 10.9. The number of aromatic amines is 1. The van der Waals surface area contributed by atoms with Crippen molar-refractivity contribution in [1.29, 1.82) is 0 Å². The number of nitrogens with zero attached hydrogens (tertiary/aromatic N) is 1. The van der Waals surface area contributed by atoms with Gasteiger partial charge < -0.3 is 14.5 Å². The zero-order chi connectivity index (χ0) is 13.9. The summed E-state index contributed by atoms with van der Waals surface area (Å²) in [5, 5.41) is 0.803. The second-order valence-electron chi connectivity index (χ2n) is 4.31. The van der Waals surface area contributed by atoms with Crippen LogP contribution in [0.2, 0.25) is 0 Å². The summed E-state index contributed by atoms with van der Waals surface area (Å²) in [4.78, 5) is 7.27. The van der Waals surface area contributed by atoms with Crippen LogP contribution in [0.1, 0.15) is 5.56 Å². The highest BCUT2D eigenvalue weighted by molar-refractivity contribution is 5.86. The van der Waals surface area contributed by atoms with E-state index in [1.807, 2.05) is 6.20 Å². The summed E-state index contributed by atoms with van der Waals surface area (Å²) in [6, 6.07) is 8.01. The number of rotatable bonds is 4. The fraction of sp³-hybridized carbons (Fsp3) is 0.133. The number of benzene rings is 1. The monoisotopic (exact) mass is 272 g/mol. The minimum atomic E-state index is -0.402. The third-order valence-corrected chi connectivity index (χ3v) is 2.97. The first-order chi connectivity index (χ1) is 9.79. The summed E-state index contributed by atoms with van der Waals surface area (Å²) >= 11 is 0. The molecule has 2 heterocycles. The Morgan fingerprint density at radius 3 is 2.85 bits per heavy atom. The van der Waals surface area contributed by atoms with Gasteiger partial charge in [0, 0.05) is 25.1 Å². The largest absolute Gasteiger partial charge is 0.453 e. The molecule has 0 aliphatic carbocycles. The second-order valence-corrected chi connectivity index (χ2v) is 4.31. The number of H-pyrrole nitrogens is 1. The Morgan fingerprint density at radius 1 is 1.20 bits per heavy atom. The lowest BCUT2D eigenvalue weighted by molar-refractivity contribution is 0.186. The molecule has 0 fully saturated rings. The van der Waals surface area contributed by atoms with E-state index in [0.29, 0.717) is 18.0 Å². The highest BCUT2D eigenvalue weighted by Gasteiger charge is 2.12. The second kappa shape index (κ2) is 5.30. The fourth-order valence-corrected chi connectivity index (χ4v) is 2.09. The van der Waals surface area contributed by atoms with E-state index in [4.69, 9.17) is 9.47 Å². The molecule has 20 heavy (non-hydrogen) atoms. The first kappa shape index (κ1) is 12.6. The molecular formula is C15H13FN2O2. The lowest BCUT2D eigenvalue weighted by Gasteiger charge is -2.08. The standard InChI is InChI=1S/C15H13FN2O2/c1-19-9-10-8-18-15-14(10)13(6-7-17-15)20-12-5-3-2-4-11(12)16/h2-8H,9H2,1H3,(H,17,18). The molecule has 0 saturated carbocycles. The Kier molecular flexibility index (Phi) is 3.35. The van der Waals surface area contributed by atoms with Crippen molar-refractivity contribution in [3.05, 3.63) is 54.1 Å². The van der Waals surface area contributed by atoms with Crippen molar-refractivity contribution in [2.45, 2.75) is 6.61 Å². The van der Waals surface area contributed by atoms with Gasteiger partial charge in [0.05, 0.1) is 12.0 Å². The molecule has 0 bridgehead atoms. The number of aromatic nitrogens is 2. The summed E-state index contributed by atoms with van der Waals surface area (Å²) in [5.41, 5.74) is 1.60. The molecule has 1 aromatic carbocycles. The van der Waals surface area contributed by atoms with Gasteiger partial charge in [-0.3, -0.25) is 0 Å². The van der Waals surface area contributed by atoms with E-state index < -0.39 is 5.82 Å². The highest BCUT2D eigenvalue weighted by atomic mass is 19.1. The van der Waals surface area contributed by atoms with Gasteiger partial charge in [-0.15, -0.1) is 0 Å². The Balaban J connectivity index is 2.07. The van der Waals surface area contributed by atoms with Crippen molar-refractivity contribution in [1.82, 2.24) is 9.97 Å². The number of hydrogen-bond acceptors (Lipinski definition) is 3.